The Balaban J connectivity index is 2.54. The van der Waals surface area contributed by atoms with Crippen LogP contribution in [0.2, 0.25) is 0 Å². The van der Waals surface area contributed by atoms with Crippen molar-refractivity contribution in [3.05, 3.63) is 22.7 Å². The molecule has 0 fully saturated rings. The molecule has 1 unspecified atom stereocenters. The summed E-state index contributed by atoms with van der Waals surface area (Å²) in [5.74, 6) is 0.735. The van der Waals surface area contributed by atoms with E-state index >= 15 is 0 Å². The van der Waals surface area contributed by atoms with Crippen molar-refractivity contribution in [2.24, 2.45) is 0 Å². The Morgan fingerprint density at radius 1 is 1.47 bits per heavy atom. The standard InChI is InChI=1S/C11H14BrN5/c1-3-7(2)17-11(14-15-16-17)8-5-4-6-9(13)10(8)12/h4-7H,3,13H2,1-2H3. The second kappa shape index (κ2) is 4.83. The topological polar surface area (TPSA) is 69.6 Å². The van der Waals surface area contributed by atoms with Crippen molar-refractivity contribution in [2.75, 3.05) is 5.73 Å². The van der Waals surface area contributed by atoms with E-state index in [-0.39, 0.29) is 6.04 Å². The van der Waals surface area contributed by atoms with Crippen LogP contribution in [0.15, 0.2) is 22.7 Å². The third-order valence-electron chi connectivity index (χ3n) is 2.77. The zero-order valence-electron chi connectivity index (χ0n) is 9.76. The van der Waals surface area contributed by atoms with Crippen LogP contribution in [-0.2, 0) is 0 Å². The van der Waals surface area contributed by atoms with E-state index in [1.54, 1.807) is 0 Å². The minimum Gasteiger partial charge on any atom is -0.398 e. The Bertz CT molecular complexity index is 522. The summed E-state index contributed by atoms with van der Waals surface area (Å²) >= 11 is 3.47. The summed E-state index contributed by atoms with van der Waals surface area (Å²) in [5, 5.41) is 11.8. The van der Waals surface area contributed by atoms with Crippen LogP contribution in [0.5, 0.6) is 0 Å². The molecule has 0 amide bonds. The first-order valence-corrected chi connectivity index (χ1v) is 6.26. The Labute approximate surface area is 108 Å². The zero-order valence-corrected chi connectivity index (χ0v) is 11.3. The molecule has 6 heteroatoms. The number of nitrogens with zero attached hydrogens (tertiary/aromatic N) is 4. The first-order valence-electron chi connectivity index (χ1n) is 5.47. The van der Waals surface area contributed by atoms with Crippen molar-refractivity contribution in [3.63, 3.8) is 0 Å². The van der Waals surface area contributed by atoms with E-state index in [4.69, 9.17) is 5.73 Å². The molecule has 0 radical (unpaired) electrons. The van der Waals surface area contributed by atoms with Gasteiger partial charge in [-0.2, -0.15) is 0 Å². The van der Waals surface area contributed by atoms with Gasteiger partial charge in [-0.1, -0.05) is 13.0 Å². The number of halogens is 1. The number of aromatic nitrogens is 4. The molecule has 0 aliphatic heterocycles. The van der Waals surface area contributed by atoms with Crippen LogP contribution in [0.1, 0.15) is 26.3 Å². The van der Waals surface area contributed by atoms with E-state index in [9.17, 15) is 0 Å². The van der Waals surface area contributed by atoms with Gasteiger partial charge in [-0.3, -0.25) is 0 Å². The third kappa shape index (κ3) is 2.17. The van der Waals surface area contributed by atoms with Crippen molar-refractivity contribution in [2.45, 2.75) is 26.3 Å². The molecule has 2 aromatic rings. The van der Waals surface area contributed by atoms with Gasteiger partial charge in [-0.15, -0.1) is 5.10 Å². The number of nitrogens with two attached hydrogens (primary N) is 1. The maximum atomic E-state index is 5.86. The van der Waals surface area contributed by atoms with Gasteiger partial charge in [-0.25, -0.2) is 4.68 Å². The molecular formula is C11H14BrN5. The highest BCUT2D eigenvalue weighted by Gasteiger charge is 2.16. The largest absolute Gasteiger partial charge is 0.398 e. The molecule has 90 valence electrons. The molecule has 1 heterocycles. The average molecular weight is 296 g/mol. The van der Waals surface area contributed by atoms with Crippen molar-refractivity contribution in [3.8, 4) is 11.4 Å². The third-order valence-corrected chi connectivity index (χ3v) is 3.66. The molecular weight excluding hydrogens is 282 g/mol. The molecule has 17 heavy (non-hydrogen) atoms. The summed E-state index contributed by atoms with van der Waals surface area (Å²) in [6.45, 7) is 4.19. The Hall–Kier alpha value is -1.43. The SMILES string of the molecule is CCC(C)n1nnnc1-c1cccc(N)c1Br. The monoisotopic (exact) mass is 295 g/mol. The first kappa shape index (κ1) is 12.0. The van der Waals surface area contributed by atoms with Crippen molar-refractivity contribution in [1.29, 1.82) is 0 Å². The Morgan fingerprint density at radius 2 is 2.24 bits per heavy atom. The molecule has 2 rings (SSSR count). The molecule has 0 aliphatic rings. The molecule has 1 atom stereocenters. The van der Waals surface area contributed by atoms with Crippen molar-refractivity contribution < 1.29 is 0 Å². The molecule has 2 N–H and O–H groups in total. The number of rotatable bonds is 3. The van der Waals surface area contributed by atoms with E-state index < -0.39 is 0 Å². The van der Waals surface area contributed by atoms with Gasteiger partial charge in [-0.05, 0) is 51.8 Å². The molecule has 1 aromatic heterocycles. The minimum atomic E-state index is 0.258. The average Bonchev–Trinajstić information content (AvgIpc) is 2.80. The highest BCUT2D eigenvalue weighted by Crippen LogP contribution is 2.32. The predicted octanol–water partition coefficient (Wildman–Crippen LogP) is 2.66. The maximum Gasteiger partial charge on any atom is 0.183 e. The summed E-state index contributed by atoms with van der Waals surface area (Å²) in [6, 6.07) is 5.94. The number of benzene rings is 1. The predicted molar refractivity (Wildman–Crippen MR) is 70.4 cm³/mol. The second-order valence-corrected chi connectivity index (χ2v) is 4.71. The van der Waals surface area contributed by atoms with Gasteiger partial charge < -0.3 is 5.73 Å². The smallest absolute Gasteiger partial charge is 0.183 e. The van der Waals surface area contributed by atoms with Crippen molar-refractivity contribution >= 4 is 21.6 Å². The fourth-order valence-corrected chi connectivity index (χ4v) is 2.00. The van der Waals surface area contributed by atoms with Gasteiger partial charge in [0, 0.05) is 11.3 Å². The van der Waals surface area contributed by atoms with Gasteiger partial charge in [0.05, 0.1) is 10.5 Å². The number of anilines is 1. The Morgan fingerprint density at radius 3 is 2.94 bits per heavy atom. The van der Waals surface area contributed by atoms with E-state index in [1.165, 1.54) is 0 Å². The van der Waals surface area contributed by atoms with Gasteiger partial charge in [0.1, 0.15) is 0 Å². The molecule has 0 saturated heterocycles. The summed E-state index contributed by atoms with van der Waals surface area (Å²) in [7, 11) is 0. The lowest BCUT2D eigenvalue weighted by atomic mass is 10.1. The fraction of sp³-hybridized carbons (Fsp3) is 0.364. The molecule has 0 saturated carbocycles. The van der Waals surface area contributed by atoms with Gasteiger partial charge >= 0.3 is 0 Å². The van der Waals surface area contributed by atoms with E-state index in [0.717, 1.165) is 22.3 Å². The molecule has 1 aromatic carbocycles. The van der Waals surface area contributed by atoms with Crippen LogP contribution in [0.4, 0.5) is 5.69 Å². The van der Waals surface area contributed by atoms with Gasteiger partial charge in [0.25, 0.3) is 0 Å². The quantitative estimate of drug-likeness (QED) is 0.884. The first-order chi connectivity index (χ1) is 8.15. The number of tetrazole rings is 1. The van der Waals surface area contributed by atoms with E-state index in [1.807, 2.05) is 22.9 Å². The number of hydrogen-bond acceptors (Lipinski definition) is 4. The molecule has 5 nitrogen and oxygen atoms in total. The minimum absolute atomic E-state index is 0.258. The number of hydrogen-bond donors (Lipinski definition) is 1. The van der Waals surface area contributed by atoms with Crippen LogP contribution < -0.4 is 5.73 Å². The van der Waals surface area contributed by atoms with E-state index in [2.05, 4.69) is 45.3 Å². The highest BCUT2D eigenvalue weighted by atomic mass is 79.9. The Kier molecular flexibility index (Phi) is 3.42. The molecule has 0 aliphatic carbocycles. The normalized spacial score (nSPS) is 12.6. The second-order valence-electron chi connectivity index (χ2n) is 3.91. The van der Waals surface area contributed by atoms with Crippen LogP contribution in [-0.4, -0.2) is 20.2 Å². The lowest BCUT2D eigenvalue weighted by Gasteiger charge is -2.12. The zero-order chi connectivity index (χ0) is 12.4. The summed E-state index contributed by atoms with van der Waals surface area (Å²) < 4.78 is 2.65. The van der Waals surface area contributed by atoms with Crippen LogP contribution in [0, 0.1) is 0 Å². The van der Waals surface area contributed by atoms with Crippen LogP contribution in [0.3, 0.4) is 0 Å². The van der Waals surface area contributed by atoms with Crippen LogP contribution in [0.25, 0.3) is 11.4 Å². The lowest BCUT2D eigenvalue weighted by Crippen LogP contribution is -2.08. The molecule has 0 spiro atoms. The van der Waals surface area contributed by atoms with Crippen molar-refractivity contribution in [1.82, 2.24) is 20.2 Å². The summed E-state index contributed by atoms with van der Waals surface area (Å²) in [5.41, 5.74) is 7.45. The molecule has 0 bridgehead atoms. The summed E-state index contributed by atoms with van der Waals surface area (Å²) in [6.07, 6.45) is 0.970. The van der Waals surface area contributed by atoms with Gasteiger partial charge in [0.15, 0.2) is 5.82 Å². The fourth-order valence-electron chi connectivity index (χ4n) is 1.56. The summed E-state index contributed by atoms with van der Waals surface area (Å²) in [4.78, 5) is 0. The maximum absolute atomic E-state index is 5.86. The van der Waals surface area contributed by atoms with E-state index in [0.29, 0.717) is 5.69 Å². The van der Waals surface area contributed by atoms with Crippen LogP contribution >= 0.6 is 15.9 Å². The highest BCUT2D eigenvalue weighted by molar-refractivity contribution is 9.10. The van der Waals surface area contributed by atoms with Gasteiger partial charge in [0.2, 0.25) is 0 Å². The number of nitrogen functional groups attached to an aromatic ring is 1. The lowest BCUT2D eigenvalue weighted by molar-refractivity contribution is 0.469.